The van der Waals surface area contributed by atoms with Crippen LogP contribution < -0.4 is 5.32 Å². The summed E-state index contributed by atoms with van der Waals surface area (Å²) in [4.78, 5) is 38.1. The van der Waals surface area contributed by atoms with Crippen molar-refractivity contribution in [1.29, 1.82) is 0 Å². The SMILES string of the molecule is COCCOC(=O)C1=C(C)NC2=C(C(=O)CC(C)(C)C2)[C@H]1c1ccc(C(=O)OC)cc1. The zero-order valence-electron chi connectivity index (χ0n) is 18.7. The van der Waals surface area contributed by atoms with Gasteiger partial charge in [0, 0.05) is 36.4 Å². The van der Waals surface area contributed by atoms with Crippen molar-refractivity contribution in [2.24, 2.45) is 5.41 Å². The van der Waals surface area contributed by atoms with Crippen LogP contribution in [0.1, 0.15) is 55.5 Å². The number of benzene rings is 1. The fourth-order valence-electron chi connectivity index (χ4n) is 4.26. The predicted molar refractivity (Wildman–Crippen MR) is 114 cm³/mol. The quantitative estimate of drug-likeness (QED) is 0.550. The standard InChI is InChI=1S/C24H29NO6/c1-14-19(23(28)31-11-10-29-4)20(15-6-8-16(9-7-15)22(27)30-5)21-17(25-14)12-24(2,3)13-18(21)26/h6-9,20,25H,10-13H2,1-5H3/t20-/m0/s1. The number of nitrogens with one attached hydrogen (secondary N) is 1. The molecule has 31 heavy (non-hydrogen) atoms. The summed E-state index contributed by atoms with van der Waals surface area (Å²) in [6, 6.07) is 6.80. The van der Waals surface area contributed by atoms with Crippen LogP contribution >= 0.6 is 0 Å². The number of Topliss-reactive ketones (excluding diaryl/α,β-unsaturated/α-hetero) is 1. The molecule has 0 radical (unpaired) electrons. The van der Waals surface area contributed by atoms with Crippen LogP contribution in [0.5, 0.6) is 0 Å². The third-order valence-corrected chi connectivity index (χ3v) is 5.65. The van der Waals surface area contributed by atoms with Gasteiger partial charge >= 0.3 is 11.9 Å². The predicted octanol–water partition coefficient (Wildman–Crippen LogP) is 3.27. The maximum atomic E-state index is 13.2. The first kappa shape index (κ1) is 22.7. The molecule has 1 atom stereocenters. The molecule has 3 rings (SSSR count). The van der Waals surface area contributed by atoms with Gasteiger partial charge in [0.1, 0.15) is 6.61 Å². The highest BCUT2D eigenvalue weighted by atomic mass is 16.6. The average molecular weight is 427 g/mol. The highest BCUT2D eigenvalue weighted by Gasteiger charge is 2.43. The van der Waals surface area contributed by atoms with Crippen LogP contribution in [0.3, 0.4) is 0 Å². The number of methoxy groups -OCH3 is 2. The zero-order chi connectivity index (χ0) is 22.8. The number of ketones is 1. The number of hydrogen-bond acceptors (Lipinski definition) is 7. The second-order valence-electron chi connectivity index (χ2n) is 8.67. The smallest absolute Gasteiger partial charge is 0.337 e. The first-order chi connectivity index (χ1) is 14.7. The van der Waals surface area contributed by atoms with E-state index in [2.05, 4.69) is 19.2 Å². The molecule has 0 unspecified atom stereocenters. The Bertz CT molecular complexity index is 955. The largest absolute Gasteiger partial charge is 0.465 e. The molecule has 1 aliphatic carbocycles. The van der Waals surface area contributed by atoms with E-state index in [1.54, 1.807) is 24.3 Å². The number of esters is 2. The first-order valence-corrected chi connectivity index (χ1v) is 10.3. The zero-order valence-corrected chi connectivity index (χ0v) is 18.7. The minimum Gasteiger partial charge on any atom is -0.465 e. The molecule has 0 saturated carbocycles. The van der Waals surface area contributed by atoms with Crippen LogP contribution in [-0.2, 0) is 23.8 Å². The van der Waals surface area contributed by atoms with E-state index in [-0.39, 0.29) is 24.4 Å². The average Bonchev–Trinajstić information content (AvgIpc) is 2.71. The Balaban J connectivity index is 2.07. The van der Waals surface area contributed by atoms with Crippen molar-refractivity contribution in [3.05, 3.63) is 57.9 Å². The molecule has 0 spiro atoms. The summed E-state index contributed by atoms with van der Waals surface area (Å²) < 4.78 is 15.2. The van der Waals surface area contributed by atoms with Gasteiger partial charge < -0.3 is 19.5 Å². The lowest BCUT2D eigenvalue weighted by Crippen LogP contribution is -2.38. The van der Waals surface area contributed by atoms with E-state index in [0.717, 1.165) is 11.3 Å². The van der Waals surface area contributed by atoms with Crippen molar-refractivity contribution >= 4 is 17.7 Å². The molecule has 0 amide bonds. The number of dihydropyridines is 1. The molecule has 1 aromatic carbocycles. The Kier molecular flexibility index (Phi) is 6.65. The fourth-order valence-corrected chi connectivity index (χ4v) is 4.26. The van der Waals surface area contributed by atoms with Crippen molar-refractivity contribution < 1.29 is 28.6 Å². The molecule has 0 fully saturated rings. The second kappa shape index (κ2) is 9.06. The van der Waals surface area contributed by atoms with E-state index >= 15 is 0 Å². The van der Waals surface area contributed by atoms with Gasteiger partial charge in [-0.2, -0.15) is 0 Å². The van der Waals surface area contributed by atoms with Gasteiger partial charge in [0.15, 0.2) is 5.78 Å². The number of carbonyl (C=O) groups excluding carboxylic acids is 3. The molecule has 0 bridgehead atoms. The first-order valence-electron chi connectivity index (χ1n) is 10.3. The number of allylic oxidation sites excluding steroid dienone is 3. The van der Waals surface area contributed by atoms with E-state index in [4.69, 9.17) is 14.2 Å². The lowest BCUT2D eigenvalue weighted by molar-refractivity contribution is -0.140. The summed E-state index contributed by atoms with van der Waals surface area (Å²) in [6.07, 6.45) is 1.10. The van der Waals surface area contributed by atoms with Crippen molar-refractivity contribution in [2.45, 2.75) is 39.5 Å². The summed E-state index contributed by atoms with van der Waals surface area (Å²) in [5.41, 5.74) is 3.47. The van der Waals surface area contributed by atoms with Gasteiger partial charge in [-0.25, -0.2) is 9.59 Å². The highest BCUT2D eigenvalue weighted by Crippen LogP contribution is 2.46. The number of rotatable bonds is 6. The summed E-state index contributed by atoms with van der Waals surface area (Å²) in [5.74, 6) is -1.50. The van der Waals surface area contributed by atoms with Crippen molar-refractivity contribution in [3.63, 3.8) is 0 Å². The number of hydrogen-bond donors (Lipinski definition) is 1. The minimum atomic E-state index is -0.568. The summed E-state index contributed by atoms with van der Waals surface area (Å²) in [5, 5.41) is 3.30. The summed E-state index contributed by atoms with van der Waals surface area (Å²) in [7, 11) is 2.86. The van der Waals surface area contributed by atoms with Gasteiger partial charge in [-0.1, -0.05) is 26.0 Å². The molecule has 7 nitrogen and oxygen atoms in total. The molecule has 1 aromatic rings. The Morgan fingerprint density at radius 3 is 2.35 bits per heavy atom. The molecule has 1 heterocycles. The highest BCUT2D eigenvalue weighted by molar-refractivity contribution is 6.04. The van der Waals surface area contributed by atoms with Gasteiger partial charge in [-0.3, -0.25) is 4.79 Å². The molecular formula is C24H29NO6. The fraction of sp³-hybridized carbons (Fsp3) is 0.458. The van der Waals surface area contributed by atoms with Crippen LogP contribution in [-0.4, -0.2) is 45.2 Å². The number of ether oxygens (including phenoxy) is 3. The Morgan fingerprint density at radius 2 is 1.74 bits per heavy atom. The number of carbonyl (C=O) groups is 3. The van der Waals surface area contributed by atoms with Crippen LogP contribution in [0, 0.1) is 5.41 Å². The Morgan fingerprint density at radius 1 is 1.06 bits per heavy atom. The molecule has 166 valence electrons. The maximum absolute atomic E-state index is 13.2. The van der Waals surface area contributed by atoms with E-state index in [9.17, 15) is 14.4 Å². The van der Waals surface area contributed by atoms with Gasteiger partial charge in [0.25, 0.3) is 0 Å². The molecular weight excluding hydrogens is 398 g/mol. The van der Waals surface area contributed by atoms with E-state index in [1.807, 2.05) is 6.92 Å². The van der Waals surface area contributed by atoms with Gasteiger partial charge in [-0.05, 0) is 36.5 Å². The summed E-state index contributed by atoms with van der Waals surface area (Å²) >= 11 is 0. The van der Waals surface area contributed by atoms with Crippen molar-refractivity contribution in [1.82, 2.24) is 5.32 Å². The van der Waals surface area contributed by atoms with Crippen molar-refractivity contribution in [3.8, 4) is 0 Å². The Hall–Kier alpha value is -2.93. The second-order valence-corrected chi connectivity index (χ2v) is 8.67. The molecule has 0 aromatic heterocycles. The van der Waals surface area contributed by atoms with E-state index in [0.29, 0.717) is 35.2 Å². The third kappa shape index (κ3) is 4.71. The molecule has 2 aliphatic rings. The van der Waals surface area contributed by atoms with Crippen LogP contribution in [0.15, 0.2) is 46.8 Å². The van der Waals surface area contributed by atoms with Gasteiger partial charge in [0.05, 0.1) is 24.9 Å². The van der Waals surface area contributed by atoms with E-state index in [1.165, 1.54) is 14.2 Å². The van der Waals surface area contributed by atoms with Crippen LogP contribution in [0.2, 0.25) is 0 Å². The third-order valence-electron chi connectivity index (χ3n) is 5.65. The monoisotopic (exact) mass is 427 g/mol. The molecule has 1 N–H and O–H groups in total. The lowest BCUT2D eigenvalue weighted by atomic mass is 9.68. The van der Waals surface area contributed by atoms with Crippen molar-refractivity contribution in [2.75, 3.05) is 27.4 Å². The van der Waals surface area contributed by atoms with Gasteiger partial charge in [-0.15, -0.1) is 0 Å². The van der Waals surface area contributed by atoms with Crippen LogP contribution in [0.25, 0.3) is 0 Å². The topological polar surface area (TPSA) is 90.9 Å². The Labute approximate surface area is 182 Å². The molecule has 1 aliphatic heterocycles. The van der Waals surface area contributed by atoms with E-state index < -0.39 is 17.9 Å². The minimum absolute atomic E-state index is 0.00971. The molecule has 0 saturated heterocycles. The lowest BCUT2D eigenvalue weighted by Gasteiger charge is -2.39. The molecule has 7 heteroatoms. The van der Waals surface area contributed by atoms with Crippen LogP contribution in [0.4, 0.5) is 0 Å². The van der Waals surface area contributed by atoms with Gasteiger partial charge in [0.2, 0.25) is 0 Å². The summed E-state index contributed by atoms with van der Waals surface area (Å²) in [6.45, 7) is 6.34. The normalized spacial score (nSPS) is 20.2. The maximum Gasteiger partial charge on any atom is 0.337 e.